The van der Waals surface area contributed by atoms with Crippen LogP contribution in [0.25, 0.3) is 20.7 Å². The minimum Gasteiger partial charge on any atom is -0.385 e. The number of hydrogen-bond donors (Lipinski definition) is 2. The molecule has 0 aliphatic carbocycles. The summed E-state index contributed by atoms with van der Waals surface area (Å²) in [6.07, 6.45) is 0.708. The second-order valence-corrected chi connectivity index (χ2v) is 9.44. The molecule has 1 atom stereocenters. The molecule has 0 spiro atoms. The normalized spacial score (nSPS) is 12.6. The maximum atomic E-state index is 12.8. The summed E-state index contributed by atoms with van der Waals surface area (Å²) in [4.78, 5) is 34.2. The highest BCUT2D eigenvalue weighted by molar-refractivity contribution is 7.99. The van der Waals surface area contributed by atoms with Gasteiger partial charge >= 0.3 is 5.69 Å². The molecular formula is C18H19N5O3S3. The molecule has 1 unspecified atom stereocenters. The number of hydrogen-bond acceptors (Lipinski definition) is 8. The minimum atomic E-state index is -0.258. The third-order valence-electron chi connectivity index (χ3n) is 4.37. The standard InChI is InChI=1S/C18H19N5O3S3/c1-10(29-18-22-21-17(25)23(18)6-4-7-26-2)14-19-15(24)13-11(9-28-16(13)20-14)12-5-3-8-27-12/h3,5,8-10H,4,6-7H2,1-2H3,(H,21,25)(H,19,20,24). The maximum absolute atomic E-state index is 12.8. The molecule has 4 heterocycles. The fraction of sp³-hybridized carbons (Fsp3) is 0.333. The molecule has 8 nitrogen and oxygen atoms in total. The predicted molar refractivity (Wildman–Crippen MR) is 117 cm³/mol. The number of rotatable bonds is 8. The van der Waals surface area contributed by atoms with E-state index in [1.54, 1.807) is 23.0 Å². The van der Waals surface area contributed by atoms with Crippen molar-refractivity contribution in [1.29, 1.82) is 0 Å². The van der Waals surface area contributed by atoms with Crippen molar-refractivity contribution in [2.75, 3.05) is 13.7 Å². The van der Waals surface area contributed by atoms with Crippen LogP contribution in [0.5, 0.6) is 0 Å². The van der Waals surface area contributed by atoms with Crippen molar-refractivity contribution >= 4 is 44.7 Å². The first kappa shape index (κ1) is 20.1. The monoisotopic (exact) mass is 449 g/mol. The molecule has 0 aliphatic heterocycles. The number of H-pyrrole nitrogens is 2. The lowest BCUT2D eigenvalue weighted by Crippen LogP contribution is -2.19. The number of thiophene rings is 2. The van der Waals surface area contributed by atoms with Gasteiger partial charge in [0.15, 0.2) is 5.16 Å². The summed E-state index contributed by atoms with van der Waals surface area (Å²) < 4.78 is 6.63. The van der Waals surface area contributed by atoms with Crippen LogP contribution in [0.3, 0.4) is 0 Å². The Kier molecular flexibility index (Phi) is 5.99. The van der Waals surface area contributed by atoms with Gasteiger partial charge in [-0.1, -0.05) is 17.8 Å². The van der Waals surface area contributed by atoms with E-state index in [9.17, 15) is 9.59 Å². The van der Waals surface area contributed by atoms with Gasteiger partial charge < -0.3 is 9.72 Å². The van der Waals surface area contributed by atoms with Crippen molar-refractivity contribution in [3.63, 3.8) is 0 Å². The van der Waals surface area contributed by atoms with Gasteiger partial charge in [0.25, 0.3) is 5.56 Å². The summed E-state index contributed by atoms with van der Waals surface area (Å²) >= 11 is 4.44. The first-order valence-corrected chi connectivity index (χ1v) is 11.6. The number of aromatic amines is 2. The van der Waals surface area contributed by atoms with Gasteiger partial charge in [-0.15, -0.1) is 27.8 Å². The van der Waals surface area contributed by atoms with Crippen LogP contribution in [-0.4, -0.2) is 38.4 Å². The summed E-state index contributed by atoms with van der Waals surface area (Å²) in [5.74, 6) is 0.561. The lowest BCUT2D eigenvalue weighted by atomic mass is 10.2. The van der Waals surface area contributed by atoms with Crippen molar-refractivity contribution in [2.45, 2.75) is 30.3 Å². The van der Waals surface area contributed by atoms with Crippen LogP contribution >= 0.6 is 34.4 Å². The molecular weight excluding hydrogens is 430 g/mol. The van der Waals surface area contributed by atoms with Gasteiger partial charge in [-0.2, -0.15) is 0 Å². The first-order chi connectivity index (χ1) is 14.1. The summed E-state index contributed by atoms with van der Waals surface area (Å²) in [5, 5.41) is 11.6. The smallest absolute Gasteiger partial charge is 0.343 e. The molecule has 4 aromatic rings. The van der Waals surface area contributed by atoms with Crippen LogP contribution in [0.2, 0.25) is 0 Å². The fourth-order valence-corrected chi connectivity index (χ4v) is 5.65. The van der Waals surface area contributed by atoms with Crippen LogP contribution in [0.1, 0.15) is 24.4 Å². The molecule has 152 valence electrons. The van der Waals surface area contributed by atoms with E-state index in [1.807, 2.05) is 29.8 Å². The Morgan fingerprint density at radius 2 is 2.21 bits per heavy atom. The molecule has 0 bridgehead atoms. The highest BCUT2D eigenvalue weighted by Crippen LogP contribution is 2.35. The van der Waals surface area contributed by atoms with E-state index >= 15 is 0 Å². The summed E-state index contributed by atoms with van der Waals surface area (Å²) in [5.41, 5.74) is 0.507. The largest absolute Gasteiger partial charge is 0.385 e. The number of ether oxygens (including phenoxy) is 1. The lowest BCUT2D eigenvalue weighted by molar-refractivity contribution is 0.189. The number of methoxy groups -OCH3 is 1. The Morgan fingerprint density at radius 3 is 2.97 bits per heavy atom. The van der Waals surface area contributed by atoms with E-state index in [1.165, 1.54) is 23.1 Å². The van der Waals surface area contributed by atoms with E-state index in [4.69, 9.17) is 4.74 Å². The van der Waals surface area contributed by atoms with Crippen LogP contribution in [0.4, 0.5) is 0 Å². The Labute approximate surface area is 178 Å². The second-order valence-electron chi connectivity index (χ2n) is 6.33. The number of thioether (sulfide) groups is 1. The van der Waals surface area contributed by atoms with Gasteiger partial charge in [-0.25, -0.2) is 14.9 Å². The van der Waals surface area contributed by atoms with Crippen molar-refractivity contribution in [2.24, 2.45) is 0 Å². The maximum Gasteiger partial charge on any atom is 0.343 e. The molecule has 0 radical (unpaired) electrons. The minimum absolute atomic E-state index is 0.151. The summed E-state index contributed by atoms with van der Waals surface area (Å²) in [7, 11) is 1.63. The van der Waals surface area contributed by atoms with Gasteiger partial charge in [-0.05, 0) is 24.8 Å². The third-order valence-corrected chi connectivity index (χ3v) is 7.24. The average Bonchev–Trinajstić information content (AvgIpc) is 3.43. The quantitative estimate of drug-likeness (QED) is 0.315. The Balaban J connectivity index is 1.61. The molecule has 0 aromatic carbocycles. The molecule has 0 saturated heterocycles. The molecule has 0 aliphatic rings. The topological polar surface area (TPSA) is 106 Å². The molecule has 0 amide bonds. The Bertz CT molecular complexity index is 1220. The first-order valence-electron chi connectivity index (χ1n) is 8.94. The average molecular weight is 450 g/mol. The molecule has 11 heteroatoms. The highest BCUT2D eigenvalue weighted by atomic mass is 32.2. The van der Waals surface area contributed by atoms with E-state index in [-0.39, 0.29) is 16.5 Å². The van der Waals surface area contributed by atoms with Gasteiger partial charge in [-0.3, -0.25) is 9.36 Å². The van der Waals surface area contributed by atoms with Crippen LogP contribution in [0, 0.1) is 0 Å². The SMILES string of the molecule is COCCCn1c(SC(C)c2nc3scc(-c4cccs4)c3c(=O)[nH]2)n[nH]c1=O. The van der Waals surface area contributed by atoms with Gasteiger partial charge in [0.05, 0.1) is 10.6 Å². The molecule has 2 N–H and O–H groups in total. The van der Waals surface area contributed by atoms with Crippen LogP contribution in [0.15, 0.2) is 37.6 Å². The zero-order chi connectivity index (χ0) is 20.4. The van der Waals surface area contributed by atoms with E-state index < -0.39 is 0 Å². The number of nitrogens with one attached hydrogen (secondary N) is 2. The molecule has 4 rings (SSSR count). The molecule has 29 heavy (non-hydrogen) atoms. The second kappa shape index (κ2) is 8.66. The van der Waals surface area contributed by atoms with Crippen molar-refractivity contribution in [3.8, 4) is 10.4 Å². The lowest BCUT2D eigenvalue weighted by Gasteiger charge is -2.11. The number of aromatic nitrogens is 5. The zero-order valence-corrected chi connectivity index (χ0v) is 18.2. The third kappa shape index (κ3) is 4.08. The van der Waals surface area contributed by atoms with Gasteiger partial charge in [0.1, 0.15) is 10.7 Å². The fourth-order valence-electron chi connectivity index (χ4n) is 2.94. The highest BCUT2D eigenvalue weighted by Gasteiger charge is 2.19. The number of fused-ring (bicyclic) bond motifs is 1. The van der Waals surface area contributed by atoms with E-state index in [0.29, 0.717) is 40.8 Å². The van der Waals surface area contributed by atoms with E-state index in [2.05, 4.69) is 20.2 Å². The Hall–Kier alpha value is -2.21. The summed E-state index contributed by atoms with van der Waals surface area (Å²) in [6.45, 7) is 3.01. The van der Waals surface area contributed by atoms with Crippen molar-refractivity contribution in [3.05, 3.63) is 49.6 Å². The van der Waals surface area contributed by atoms with Crippen LogP contribution in [-0.2, 0) is 11.3 Å². The molecule has 0 fully saturated rings. The van der Waals surface area contributed by atoms with E-state index in [0.717, 1.165) is 10.4 Å². The molecule has 4 aromatic heterocycles. The van der Waals surface area contributed by atoms with Gasteiger partial charge in [0, 0.05) is 36.1 Å². The number of nitrogens with zero attached hydrogens (tertiary/aromatic N) is 3. The van der Waals surface area contributed by atoms with Crippen LogP contribution < -0.4 is 11.2 Å². The predicted octanol–water partition coefficient (Wildman–Crippen LogP) is 3.49. The Morgan fingerprint density at radius 1 is 1.34 bits per heavy atom. The summed E-state index contributed by atoms with van der Waals surface area (Å²) in [6, 6.07) is 3.96. The van der Waals surface area contributed by atoms with Crippen molar-refractivity contribution in [1.82, 2.24) is 24.7 Å². The molecule has 0 saturated carbocycles. The van der Waals surface area contributed by atoms with Crippen molar-refractivity contribution < 1.29 is 4.74 Å². The van der Waals surface area contributed by atoms with Gasteiger partial charge in [0.2, 0.25) is 0 Å². The zero-order valence-electron chi connectivity index (χ0n) is 15.8.